The molecule has 1 aliphatic carbocycles. The van der Waals surface area contributed by atoms with Gasteiger partial charge in [-0.2, -0.15) is 0 Å². The molecule has 1 aromatic carbocycles. The lowest BCUT2D eigenvalue weighted by molar-refractivity contribution is 0.248. The Labute approximate surface area is 129 Å². The molecule has 0 spiro atoms. The van der Waals surface area contributed by atoms with Crippen molar-refractivity contribution in [3.63, 3.8) is 0 Å². The molecule has 1 N–H and O–H groups in total. The van der Waals surface area contributed by atoms with E-state index in [-0.39, 0.29) is 0 Å². The molecule has 0 aliphatic heterocycles. The third kappa shape index (κ3) is 4.72. The number of rotatable bonds is 8. The molecular formula is C18H30N2O. The second kappa shape index (κ2) is 8.40. The quantitative estimate of drug-likeness (QED) is 0.793. The summed E-state index contributed by atoms with van der Waals surface area (Å²) in [5.41, 5.74) is 1.26. The maximum Gasteiger partial charge on any atom is 0.123 e. The second-order valence-corrected chi connectivity index (χ2v) is 6.22. The molecule has 0 aromatic heterocycles. The molecule has 21 heavy (non-hydrogen) atoms. The number of para-hydroxylation sites is 1. The Balaban J connectivity index is 2.00. The summed E-state index contributed by atoms with van der Waals surface area (Å²) >= 11 is 0. The summed E-state index contributed by atoms with van der Waals surface area (Å²) in [4.78, 5) is 2.48. The molecule has 1 aliphatic rings. The first-order chi connectivity index (χ1) is 10.2. The Morgan fingerprint density at radius 3 is 2.67 bits per heavy atom. The van der Waals surface area contributed by atoms with Crippen LogP contribution in [0.2, 0.25) is 0 Å². The molecule has 0 saturated heterocycles. The smallest absolute Gasteiger partial charge is 0.123 e. The Hall–Kier alpha value is -1.06. The van der Waals surface area contributed by atoms with Crippen LogP contribution in [-0.4, -0.2) is 38.7 Å². The van der Waals surface area contributed by atoms with Crippen LogP contribution in [0.1, 0.15) is 44.2 Å². The van der Waals surface area contributed by atoms with Gasteiger partial charge in [-0.05, 0) is 38.4 Å². The molecule has 1 atom stereocenters. The van der Waals surface area contributed by atoms with Crippen LogP contribution >= 0.6 is 0 Å². The Morgan fingerprint density at radius 2 is 2.00 bits per heavy atom. The van der Waals surface area contributed by atoms with Crippen LogP contribution in [0.25, 0.3) is 0 Å². The zero-order chi connectivity index (χ0) is 15.1. The summed E-state index contributed by atoms with van der Waals surface area (Å²) in [6.07, 6.45) is 5.65. The molecule has 1 unspecified atom stereocenters. The van der Waals surface area contributed by atoms with Crippen LogP contribution < -0.4 is 10.1 Å². The van der Waals surface area contributed by atoms with E-state index in [2.05, 4.69) is 42.4 Å². The largest absolute Gasteiger partial charge is 0.496 e. The van der Waals surface area contributed by atoms with Gasteiger partial charge in [0.15, 0.2) is 0 Å². The average Bonchev–Trinajstić information content (AvgIpc) is 2.99. The predicted octanol–water partition coefficient (Wildman–Crippen LogP) is 3.47. The molecule has 118 valence electrons. The van der Waals surface area contributed by atoms with Gasteiger partial charge in [-0.1, -0.05) is 38.0 Å². The van der Waals surface area contributed by atoms with E-state index < -0.39 is 0 Å². The lowest BCUT2D eigenvalue weighted by Crippen LogP contribution is -2.35. The van der Waals surface area contributed by atoms with Gasteiger partial charge in [-0.25, -0.2) is 0 Å². The van der Waals surface area contributed by atoms with Gasteiger partial charge in [0.25, 0.3) is 0 Å². The van der Waals surface area contributed by atoms with Crippen LogP contribution in [-0.2, 0) is 0 Å². The number of nitrogens with zero attached hydrogens (tertiary/aromatic N) is 1. The fraction of sp³-hybridized carbons (Fsp3) is 0.667. The van der Waals surface area contributed by atoms with Crippen LogP contribution in [0.15, 0.2) is 24.3 Å². The van der Waals surface area contributed by atoms with Gasteiger partial charge in [0.2, 0.25) is 0 Å². The molecule has 0 amide bonds. The van der Waals surface area contributed by atoms with E-state index in [0.29, 0.717) is 6.04 Å². The number of nitrogens with one attached hydrogen (secondary N) is 1. The van der Waals surface area contributed by atoms with E-state index >= 15 is 0 Å². The molecule has 0 heterocycles. The molecular weight excluding hydrogens is 260 g/mol. The zero-order valence-electron chi connectivity index (χ0n) is 13.8. The van der Waals surface area contributed by atoms with Crippen LogP contribution in [0.5, 0.6) is 5.75 Å². The Bertz CT molecular complexity index is 415. The standard InChI is InChI=1S/C18H30N2O/c1-4-19-17(16-11-7-8-12-18(16)21-3)14-20(2)13-15-9-5-6-10-15/h7-8,11-12,15,17,19H,4-6,9-10,13-14H2,1-3H3. The Kier molecular flexibility index (Phi) is 6.52. The third-order valence-electron chi connectivity index (χ3n) is 4.50. The first-order valence-corrected chi connectivity index (χ1v) is 8.29. The maximum absolute atomic E-state index is 5.53. The van der Waals surface area contributed by atoms with Crippen molar-refractivity contribution in [2.24, 2.45) is 5.92 Å². The van der Waals surface area contributed by atoms with Crippen molar-refractivity contribution >= 4 is 0 Å². The Morgan fingerprint density at radius 1 is 1.29 bits per heavy atom. The average molecular weight is 290 g/mol. The van der Waals surface area contributed by atoms with Crippen molar-refractivity contribution in [2.75, 3.05) is 33.8 Å². The van der Waals surface area contributed by atoms with Gasteiger partial charge in [0, 0.05) is 24.7 Å². The monoisotopic (exact) mass is 290 g/mol. The number of methoxy groups -OCH3 is 1. The number of ether oxygens (including phenoxy) is 1. The van der Waals surface area contributed by atoms with E-state index in [9.17, 15) is 0 Å². The fourth-order valence-electron chi connectivity index (χ4n) is 3.49. The van der Waals surface area contributed by atoms with Crippen LogP contribution in [0, 0.1) is 5.92 Å². The fourth-order valence-corrected chi connectivity index (χ4v) is 3.49. The van der Waals surface area contributed by atoms with Gasteiger partial charge < -0.3 is 15.0 Å². The van der Waals surface area contributed by atoms with Crippen LogP contribution in [0.3, 0.4) is 0 Å². The maximum atomic E-state index is 5.53. The topological polar surface area (TPSA) is 24.5 Å². The molecule has 3 heteroatoms. The van der Waals surface area contributed by atoms with Gasteiger partial charge in [0.05, 0.1) is 7.11 Å². The van der Waals surface area contributed by atoms with Crippen molar-refractivity contribution in [1.29, 1.82) is 0 Å². The highest BCUT2D eigenvalue weighted by Crippen LogP contribution is 2.28. The van der Waals surface area contributed by atoms with Crippen molar-refractivity contribution in [1.82, 2.24) is 10.2 Å². The summed E-state index contributed by atoms with van der Waals surface area (Å²) in [6.45, 7) is 5.39. The molecule has 1 aromatic rings. The lowest BCUT2D eigenvalue weighted by atomic mass is 10.0. The van der Waals surface area contributed by atoms with E-state index in [0.717, 1.165) is 24.8 Å². The number of hydrogen-bond donors (Lipinski definition) is 1. The zero-order valence-corrected chi connectivity index (χ0v) is 13.8. The normalized spacial score (nSPS) is 17.3. The van der Waals surface area contributed by atoms with Crippen molar-refractivity contribution < 1.29 is 4.74 Å². The van der Waals surface area contributed by atoms with Gasteiger partial charge in [-0.15, -0.1) is 0 Å². The van der Waals surface area contributed by atoms with E-state index in [1.807, 2.05) is 6.07 Å². The highest BCUT2D eigenvalue weighted by Gasteiger charge is 2.20. The highest BCUT2D eigenvalue weighted by molar-refractivity contribution is 5.36. The summed E-state index contributed by atoms with van der Waals surface area (Å²) < 4.78 is 5.53. The predicted molar refractivity (Wildman–Crippen MR) is 88.9 cm³/mol. The SMILES string of the molecule is CCNC(CN(C)CC1CCCC1)c1ccccc1OC. The first-order valence-electron chi connectivity index (χ1n) is 8.29. The molecule has 0 radical (unpaired) electrons. The lowest BCUT2D eigenvalue weighted by Gasteiger charge is -2.28. The van der Waals surface area contributed by atoms with Gasteiger partial charge in [-0.3, -0.25) is 0 Å². The van der Waals surface area contributed by atoms with Crippen molar-refractivity contribution in [3.05, 3.63) is 29.8 Å². The summed E-state index contributed by atoms with van der Waals surface area (Å²) in [5.74, 6) is 1.88. The second-order valence-electron chi connectivity index (χ2n) is 6.22. The van der Waals surface area contributed by atoms with Gasteiger partial charge >= 0.3 is 0 Å². The van der Waals surface area contributed by atoms with E-state index in [1.165, 1.54) is 37.8 Å². The van der Waals surface area contributed by atoms with Gasteiger partial charge in [0.1, 0.15) is 5.75 Å². The summed E-state index contributed by atoms with van der Waals surface area (Å²) in [7, 11) is 4.00. The number of benzene rings is 1. The number of likely N-dealkylation sites (N-methyl/N-ethyl adjacent to an activating group) is 2. The van der Waals surface area contributed by atoms with E-state index in [4.69, 9.17) is 4.74 Å². The van der Waals surface area contributed by atoms with E-state index in [1.54, 1.807) is 7.11 Å². The van der Waals surface area contributed by atoms with Crippen molar-refractivity contribution in [2.45, 2.75) is 38.6 Å². The minimum absolute atomic E-state index is 0.331. The molecule has 1 saturated carbocycles. The summed E-state index contributed by atoms with van der Waals surface area (Å²) in [5, 5.41) is 3.61. The molecule has 2 rings (SSSR count). The number of hydrogen-bond acceptors (Lipinski definition) is 3. The minimum atomic E-state index is 0.331. The molecule has 0 bridgehead atoms. The molecule has 3 nitrogen and oxygen atoms in total. The molecule has 1 fully saturated rings. The van der Waals surface area contributed by atoms with Crippen LogP contribution in [0.4, 0.5) is 0 Å². The first kappa shape index (κ1) is 16.3. The third-order valence-corrected chi connectivity index (χ3v) is 4.50. The van der Waals surface area contributed by atoms with Crippen molar-refractivity contribution in [3.8, 4) is 5.75 Å². The summed E-state index contributed by atoms with van der Waals surface area (Å²) in [6, 6.07) is 8.69. The highest BCUT2D eigenvalue weighted by atomic mass is 16.5. The minimum Gasteiger partial charge on any atom is -0.496 e.